The van der Waals surface area contributed by atoms with Gasteiger partial charge in [0.15, 0.2) is 11.6 Å². The van der Waals surface area contributed by atoms with E-state index in [4.69, 9.17) is 9.72 Å². The molecule has 2 aromatic rings. The van der Waals surface area contributed by atoms with Gasteiger partial charge in [0, 0.05) is 18.3 Å². The minimum atomic E-state index is -1.23. The van der Waals surface area contributed by atoms with Crippen LogP contribution in [0.15, 0.2) is 17.1 Å². The third-order valence-electron chi connectivity index (χ3n) is 5.30. The number of nitrogens with zero attached hydrogens (tertiary/aromatic N) is 3. The zero-order valence-corrected chi connectivity index (χ0v) is 15.4. The number of carboxylic acids is 1. The van der Waals surface area contributed by atoms with Crippen LogP contribution < -0.4 is 15.1 Å². The van der Waals surface area contributed by atoms with Crippen LogP contribution in [0.25, 0.3) is 11.0 Å². The second-order valence-corrected chi connectivity index (χ2v) is 8.13. The van der Waals surface area contributed by atoms with Crippen molar-refractivity contribution < 1.29 is 14.6 Å². The van der Waals surface area contributed by atoms with Crippen molar-refractivity contribution >= 4 is 22.8 Å². The molecule has 0 unspecified atom stereocenters. The smallest absolute Gasteiger partial charge is 0.341 e. The molecular formula is C19H23N3O4. The van der Waals surface area contributed by atoms with Crippen molar-refractivity contribution in [2.45, 2.75) is 58.2 Å². The molecule has 1 saturated heterocycles. The number of rotatable bonds is 1. The molecule has 0 saturated carbocycles. The fourth-order valence-electron chi connectivity index (χ4n) is 4.00. The van der Waals surface area contributed by atoms with E-state index in [2.05, 4.69) is 4.90 Å². The maximum Gasteiger partial charge on any atom is 0.341 e. The number of ether oxygens (including phenoxy) is 1. The largest absolute Gasteiger partial charge is 0.485 e. The van der Waals surface area contributed by atoms with E-state index in [0.29, 0.717) is 17.4 Å². The summed E-state index contributed by atoms with van der Waals surface area (Å²) in [4.78, 5) is 31.3. The van der Waals surface area contributed by atoms with Crippen molar-refractivity contribution in [3.8, 4) is 5.75 Å². The van der Waals surface area contributed by atoms with Gasteiger partial charge >= 0.3 is 5.97 Å². The molecule has 4 heterocycles. The fourth-order valence-corrected chi connectivity index (χ4v) is 4.00. The summed E-state index contributed by atoms with van der Waals surface area (Å²) in [5.41, 5.74) is -0.708. The van der Waals surface area contributed by atoms with E-state index in [1.807, 2.05) is 27.7 Å². The van der Waals surface area contributed by atoms with E-state index < -0.39 is 16.9 Å². The molecular weight excluding hydrogens is 334 g/mol. The summed E-state index contributed by atoms with van der Waals surface area (Å²) in [5, 5.41) is 9.73. The number of aromatic nitrogens is 2. The quantitative estimate of drug-likeness (QED) is 0.844. The molecule has 4 rings (SSSR count). The summed E-state index contributed by atoms with van der Waals surface area (Å²) >= 11 is 0. The normalized spacial score (nSPS) is 22.1. The number of aromatic carboxylic acids is 1. The van der Waals surface area contributed by atoms with Crippen molar-refractivity contribution in [1.82, 2.24) is 9.55 Å². The second kappa shape index (κ2) is 5.46. The number of hydrogen-bond acceptors (Lipinski definition) is 5. The zero-order valence-electron chi connectivity index (χ0n) is 15.4. The average Bonchev–Trinajstić information content (AvgIpc) is 3.03. The molecule has 0 bridgehead atoms. The first-order chi connectivity index (χ1) is 12.2. The summed E-state index contributed by atoms with van der Waals surface area (Å²) in [7, 11) is 0. The van der Waals surface area contributed by atoms with Crippen LogP contribution in [0.2, 0.25) is 0 Å². The highest BCUT2D eigenvalue weighted by Gasteiger charge is 2.38. The Labute approximate surface area is 151 Å². The molecule has 7 heteroatoms. The lowest BCUT2D eigenvalue weighted by Gasteiger charge is -2.37. The summed E-state index contributed by atoms with van der Waals surface area (Å²) < 4.78 is 7.81. The van der Waals surface area contributed by atoms with Crippen LogP contribution >= 0.6 is 0 Å². The molecule has 0 radical (unpaired) electrons. The average molecular weight is 357 g/mol. The molecule has 2 aromatic heterocycles. The lowest BCUT2D eigenvalue weighted by Crippen LogP contribution is -2.45. The first-order valence-electron chi connectivity index (χ1n) is 8.96. The zero-order chi connectivity index (χ0) is 18.8. The van der Waals surface area contributed by atoms with Gasteiger partial charge in [-0.2, -0.15) is 0 Å². The van der Waals surface area contributed by atoms with Gasteiger partial charge in [-0.3, -0.25) is 4.79 Å². The number of fused-ring (bicyclic) bond motifs is 4. The molecule has 2 atom stereocenters. The van der Waals surface area contributed by atoms with Gasteiger partial charge in [0.1, 0.15) is 17.3 Å². The van der Waals surface area contributed by atoms with Gasteiger partial charge in [0.25, 0.3) is 0 Å². The molecule has 26 heavy (non-hydrogen) atoms. The molecule has 1 fully saturated rings. The number of anilines is 1. The number of carboxylic acid groups (broad SMARTS) is 1. The minimum Gasteiger partial charge on any atom is -0.485 e. The molecule has 0 aliphatic carbocycles. The Hall–Kier alpha value is -2.57. The van der Waals surface area contributed by atoms with E-state index in [1.165, 1.54) is 6.20 Å². The highest BCUT2D eigenvalue weighted by molar-refractivity contribution is 5.92. The van der Waals surface area contributed by atoms with E-state index >= 15 is 0 Å². The fraction of sp³-hybridized carbons (Fsp3) is 0.526. The third-order valence-corrected chi connectivity index (χ3v) is 5.30. The SMILES string of the molecule is C[C@@H]1Oc2cc3c(=O)c(C(=O)O)cn(C(C)(C)C)c3nc2N2CCC[C@@H]12. The van der Waals surface area contributed by atoms with Crippen molar-refractivity contribution in [1.29, 1.82) is 0 Å². The van der Waals surface area contributed by atoms with Crippen LogP contribution in [0.4, 0.5) is 5.82 Å². The van der Waals surface area contributed by atoms with Gasteiger partial charge < -0.3 is 19.3 Å². The van der Waals surface area contributed by atoms with Gasteiger partial charge in [-0.05, 0) is 46.6 Å². The van der Waals surface area contributed by atoms with Crippen molar-refractivity contribution in [2.75, 3.05) is 11.4 Å². The Morgan fingerprint density at radius 2 is 2.12 bits per heavy atom. The number of pyridine rings is 2. The Bertz CT molecular complexity index is 973. The standard InChI is InChI=1S/C19H23N3O4/c1-10-13-6-5-7-21(13)17-14(26-10)8-11-15(23)12(18(24)25)9-22(16(11)20-17)19(2,3)4/h8-10,13H,5-7H2,1-4H3,(H,24,25)/t10-,13-/m0/s1. The molecule has 0 spiro atoms. The van der Waals surface area contributed by atoms with Gasteiger partial charge in [0.2, 0.25) is 5.43 Å². The van der Waals surface area contributed by atoms with Gasteiger partial charge in [0.05, 0.1) is 11.4 Å². The van der Waals surface area contributed by atoms with Crippen LogP contribution in [-0.4, -0.2) is 39.3 Å². The predicted molar refractivity (Wildman–Crippen MR) is 98.4 cm³/mol. The maximum atomic E-state index is 12.7. The lowest BCUT2D eigenvalue weighted by atomic mass is 10.1. The molecule has 1 N–H and O–H groups in total. The number of carbonyl (C=O) groups is 1. The summed E-state index contributed by atoms with van der Waals surface area (Å²) in [6.07, 6.45) is 3.56. The summed E-state index contributed by atoms with van der Waals surface area (Å²) in [6.45, 7) is 8.82. The van der Waals surface area contributed by atoms with Gasteiger partial charge in [-0.1, -0.05) is 0 Å². The molecule has 0 aromatic carbocycles. The van der Waals surface area contributed by atoms with Gasteiger partial charge in [-0.15, -0.1) is 0 Å². The minimum absolute atomic E-state index is 0.0109. The first kappa shape index (κ1) is 16.9. The van der Waals surface area contributed by atoms with E-state index in [9.17, 15) is 14.7 Å². The van der Waals surface area contributed by atoms with Crippen LogP contribution in [0, 0.1) is 0 Å². The molecule has 138 valence electrons. The van der Waals surface area contributed by atoms with E-state index in [-0.39, 0.29) is 17.1 Å². The molecule has 0 amide bonds. The Morgan fingerprint density at radius 3 is 2.77 bits per heavy atom. The van der Waals surface area contributed by atoms with Crippen LogP contribution in [0.3, 0.4) is 0 Å². The first-order valence-corrected chi connectivity index (χ1v) is 8.96. The highest BCUT2D eigenvalue weighted by Crippen LogP contribution is 2.40. The Kier molecular flexibility index (Phi) is 3.54. The lowest BCUT2D eigenvalue weighted by molar-refractivity contribution is 0.0694. The van der Waals surface area contributed by atoms with Crippen LogP contribution in [0.1, 0.15) is 50.9 Å². The molecule has 2 aliphatic rings. The van der Waals surface area contributed by atoms with Crippen molar-refractivity contribution in [3.63, 3.8) is 0 Å². The summed E-state index contributed by atoms with van der Waals surface area (Å²) in [6, 6.07) is 1.96. The predicted octanol–water partition coefficient (Wildman–Crippen LogP) is 2.60. The van der Waals surface area contributed by atoms with Gasteiger partial charge in [-0.25, -0.2) is 9.78 Å². The third kappa shape index (κ3) is 2.37. The highest BCUT2D eigenvalue weighted by atomic mass is 16.5. The molecule has 7 nitrogen and oxygen atoms in total. The van der Waals surface area contributed by atoms with E-state index in [1.54, 1.807) is 10.6 Å². The van der Waals surface area contributed by atoms with E-state index in [0.717, 1.165) is 25.2 Å². The number of hydrogen-bond donors (Lipinski definition) is 1. The Morgan fingerprint density at radius 1 is 1.38 bits per heavy atom. The van der Waals surface area contributed by atoms with Crippen molar-refractivity contribution in [2.24, 2.45) is 0 Å². The van der Waals surface area contributed by atoms with Crippen LogP contribution in [0.5, 0.6) is 5.75 Å². The van der Waals surface area contributed by atoms with Crippen LogP contribution in [-0.2, 0) is 5.54 Å². The van der Waals surface area contributed by atoms with Crippen molar-refractivity contribution in [3.05, 3.63) is 28.0 Å². The molecule has 2 aliphatic heterocycles. The summed E-state index contributed by atoms with van der Waals surface area (Å²) in [5.74, 6) is 0.0725. The monoisotopic (exact) mass is 357 g/mol. The second-order valence-electron chi connectivity index (χ2n) is 8.13. The Balaban J connectivity index is 2.06. The topological polar surface area (TPSA) is 84.7 Å². The maximum absolute atomic E-state index is 12.7.